The van der Waals surface area contributed by atoms with Crippen molar-refractivity contribution in [3.8, 4) is 0 Å². The number of nitrogens with zero attached hydrogens (tertiary/aromatic N) is 1. The summed E-state index contributed by atoms with van der Waals surface area (Å²) >= 11 is 6.68. The summed E-state index contributed by atoms with van der Waals surface area (Å²) in [5, 5.41) is 4.61. The van der Waals surface area contributed by atoms with E-state index in [9.17, 15) is 9.59 Å². The third-order valence-corrected chi connectivity index (χ3v) is 4.54. The zero-order valence-electron chi connectivity index (χ0n) is 14.2. The van der Waals surface area contributed by atoms with E-state index in [-0.39, 0.29) is 5.56 Å². The van der Waals surface area contributed by atoms with Gasteiger partial charge in [-0.2, -0.15) is 0 Å². The second-order valence-electron chi connectivity index (χ2n) is 6.54. The molecule has 2 aromatic rings. The highest BCUT2D eigenvalue weighted by molar-refractivity contribution is 7.71. The number of hydrogen-bond acceptors (Lipinski definition) is 5. The average molecular weight is 370 g/mol. The van der Waals surface area contributed by atoms with Gasteiger partial charge in [-0.1, -0.05) is 0 Å². The number of carbonyl (C=O) groups is 1. The Hall–Kier alpha value is -1.67. The van der Waals surface area contributed by atoms with Gasteiger partial charge in [0.05, 0.1) is 5.52 Å². The van der Waals surface area contributed by atoms with Crippen molar-refractivity contribution in [1.82, 2.24) is 14.9 Å². The van der Waals surface area contributed by atoms with E-state index in [1.165, 1.54) is 11.3 Å². The number of rotatable bonds is 6. The lowest BCUT2D eigenvalue weighted by molar-refractivity contribution is 0.0527. The third kappa shape index (κ3) is 5.17. The van der Waals surface area contributed by atoms with Crippen LogP contribution in [0.4, 0.5) is 4.79 Å². The van der Waals surface area contributed by atoms with Crippen molar-refractivity contribution in [1.29, 1.82) is 0 Å². The number of H-pyrrole nitrogens is 1. The minimum Gasteiger partial charge on any atom is -0.444 e. The molecule has 2 N–H and O–H groups in total. The molecule has 0 aliphatic heterocycles. The standard InChI is InChI=1S/C16H23N3O3S2/c1-16(2,3)22-15(21)17-8-5-4-6-9-19-13(20)12-11(7-10-24-12)18-14(19)23/h7,10H,4-6,8-9H2,1-3H3,(H,17,21)(H,18,23). The van der Waals surface area contributed by atoms with Gasteiger partial charge in [0, 0.05) is 13.1 Å². The maximum atomic E-state index is 12.4. The highest BCUT2D eigenvalue weighted by Crippen LogP contribution is 2.14. The first-order valence-electron chi connectivity index (χ1n) is 7.95. The highest BCUT2D eigenvalue weighted by atomic mass is 32.1. The molecule has 0 aliphatic rings. The minimum atomic E-state index is -0.484. The fourth-order valence-electron chi connectivity index (χ4n) is 2.25. The second kappa shape index (κ2) is 7.94. The maximum absolute atomic E-state index is 12.4. The molecule has 0 unspecified atom stereocenters. The lowest BCUT2D eigenvalue weighted by Crippen LogP contribution is -2.33. The first-order valence-corrected chi connectivity index (χ1v) is 9.24. The molecule has 132 valence electrons. The smallest absolute Gasteiger partial charge is 0.407 e. The van der Waals surface area contributed by atoms with Gasteiger partial charge in [0.2, 0.25) is 0 Å². The zero-order valence-corrected chi connectivity index (χ0v) is 15.8. The number of nitrogens with one attached hydrogen (secondary N) is 2. The van der Waals surface area contributed by atoms with Crippen molar-refractivity contribution in [2.75, 3.05) is 6.54 Å². The van der Waals surface area contributed by atoms with Gasteiger partial charge in [0.25, 0.3) is 5.56 Å². The quantitative estimate of drug-likeness (QED) is 0.599. The Bertz CT molecular complexity index is 814. The van der Waals surface area contributed by atoms with E-state index in [2.05, 4.69) is 10.3 Å². The summed E-state index contributed by atoms with van der Waals surface area (Å²) in [5.41, 5.74) is 0.283. The third-order valence-electron chi connectivity index (χ3n) is 3.32. The number of thiophene rings is 1. The molecule has 0 aromatic carbocycles. The molecule has 0 saturated heterocycles. The summed E-state index contributed by atoms with van der Waals surface area (Å²) in [4.78, 5) is 27.0. The van der Waals surface area contributed by atoms with Gasteiger partial charge in [0.1, 0.15) is 10.3 Å². The number of unbranched alkanes of at least 4 members (excludes halogenated alkanes) is 2. The first-order chi connectivity index (χ1) is 11.3. The molecule has 0 radical (unpaired) electrons. The van der Waals surface area contributed by atoms with Gasteiger partial charge in [-0.15, -0.1) is 11.3 Å². The van der Waals surface area contributed by atoms with Crippen LogP contribution in [0.1, 0.15) is 40.0 Å². The van der Waals surface area contributed by atoms with E-state index in [1.54, 1.807) is 4.57 Å². The van der Waals surface area contributed by atoms with Gasteiger partial charge in [-0.25, -0.2) is 4.79 Å². The topological polar surface area (TPSA) is 76.1 Å². The zero-order chi connectivity index (χ0) is 17.7. The van der Waals surface area contributed by atoms with Gasteiger partial charge >= 0.3 is 6.09 Å². The largest absolute Gasteiger partial charge is 0.444 e. The summed E-state index contributed by atoms with van der Waals surface area (Å²) in [7, 11) is 0. The van der Waals surface area contributed by atoms with Crippen LogP contribution < -0.4 is 10.9 Å². The van der Waals surface area contributed by atoms with Crippen LogP contribution in [-0.2, 0) is 11.3 Å². The number of fused-ring (bicyclic) bond motifs is 1. The van der Waals surface area contributed by atoms with Crippen LogP contribution >= 0.6 is 23.6 Å². The number of aromatic nitrogens is 2. The Balaban J connectivity index is 1.76. The van der Waals surface area contributed by atoms with Crippen LogP contribution in [-0.4, -0.2) is 27.8 Å². The number of carbonyl (C=O) groups excluding carboxylic acids is 1. The van der Waals surface area contributed by atoms with Crippen molar-refractivity contribution in [3.63, 3.8) is 0 Å². The summed E-state index contributed by atoms with van der Waals surface area (Å²) in [6.45, 7) is 6.63. The van der Waals surface area contributed by atoms with Crippen LogP contribution in [0.15, 0.2) is 16.2 Å². The Labute approximate surface area is 149 Å². The first kappa shape index (κ1) is 18.7. The molecule has 2 rings (SSSR count). The lowest BCUT2D eigenvalue weighted by atomic mass is 10.2. The molecule has 2 aromatic heterocycles. The summed E-state index contributed by atoms with van der Waals surface area (Å²) in [6.07, 6.45) is 2.14. The summed E-state index contributed by atoms with van der Waals surface area (Å²) < 4.78 is 7.93. The summed E-state index contributed by atoms with van der Waals surface area (Å²) in [5.74, 6) is 0. The molecule has 0 bridgehead atoms. The van der Waals surface area contributed by atoms with E-state index >= 15 is 0 Å². The molecule has 0 aliphatic carbocycles. The molecular weight excluding hydrogens is 346 g/mol. The molecular formula is C16H23N3O3S2. The molecule has 1 amide bonds. The Morgan fingerprint density at radius 2 is 2.12 bits per heavy atom. The van der Waals surface area contributed by atoms with Crippen molar-refractivity contribution in [3.05, 3.63) is 26.6 Å². The van der Waals surface area contributed by atoms with Crippen LogP contribution in [0.3, 0.4) is 0 Å². The van der Waals surface area contributed by atoms with Crippen LogP contribution in [0.5, 0.6) is 0 Å². The fourth-order valence-corrected chi connectivity index (χ4v) is 3.33. The molecule has 24 heavy (non-hydrogen) atoms. The van der Waals surface area contributed by atoms with E-state index in [0.717, 1.165) is 24.8 Å². The van der Waals surface area contributed by atoms with E-state index in [4.69, 9.17) is 17.0 Å². The van der Waals surface area contributed by atoms with Gasteiger partial charge in [-0.3, -0.25) is 9.36 Å². The van der Waals surface area contributed by atoms with E-state index in [1.807, 2.05) is 32.2 Å². The van der Waals surface area contributed by atoms with Gasteiger partial charge in [-0.05, 0) is 63.7 Å². The number of alkyl carbamates (subject to hydrolysis) is 1. The molecule has 0 atom stereocenters. The van der Waals surface area contributed by atoms with Crippen molar-refractivity contribution < 1.29 is 9.53 Å². The predicted octanol–water partition coefficient (Wildman–Crippen LogP) is 3.82. The lowest BCUT2D eigenvalue weighted by Gasteiger charge is -2.19. The minimum absolute atomic E-state index is 0.0318. The number of amides is 1. The molecule has 6 nitrogen and oxygen atoms in total. The number of hydrogen-bond donors (Lipinski definition) is 2. The second-order valence-corrected chi connectivity index (χ2v) is 7.84. The number of ether oxygens (including phenoxy) is 1. The molecule has 8 heteroatoms. The average Bonchev–Trinajstić information content (AvgIpc) is 2.91. The van der Waals surface area contributed by atoms with Crippen molar-refractivity contribution in [2.24, 2.45) is 0 Å². The van der Waals surface area contributed by atoms with Crippen molar-refractivity contribution >= 4 is 39.9 Å². The Kier molecular flexibility index (Phi) is 6.17. The van der Waals surface area contributed by atoms with E-state index < -0.39 is 11.7 Å². The predicted molar refractivity (Wildman–Crippen MR) is 99.4 cm³/mol. The van der Waals surface area contributed by atoms with Gasteiger partial charge < -0.3 is 15.0 Å². The highest BCUT2D eigenvalue weighted by Gasteiger charge is 2.15. The summed E-state index contributed by atoms with van der Waals surface area (Å²) in [6, 6.07) is 1.86. The normalized spacial score (nSPS) is 11.6. The molecule has 0 saturated carbocycles. The number of aromatic amines is 1. The SMILES string of the molecule is CC(C)(C)OC(=O)NCCCCCn1c(=S)[nH]c2ccsc2c1=O. The molecule has 0 fully saturated rings. The monoisotopic (exact) mass is 369 g/mol. The van der Waals surface area contributed by atoms with Crippen LogP contribution in [0, 0.1) is 4.77 Å². The van der Waals surface area contributed by atoms with Crippen LogP contribution in [0.2, 0.25) is 0 Å². The molecule has 2 heterocycles. The van der Waals surface area contributed by atoms with Gasteiger partial charge in [0.15, 0.2) is 4.77 Å². The fraction of sp³-hybridized carbons (Fsp3) is 0.562. The van der Waals surface area contributed by atoms with Crippen molar-refractivity contribution in [2.45, 2.75) is 52.2 Å². The maximum Gasteiger partial charge on any atom is 0.407 e. The molecule has 0 spiro atoms. The Morgan fingerprint density at radius 3 is 2.83 bits per heavy atom. The van der Waals surface area contributed by atoms with E-state index in [0.29, 0.717) is 22.6 Å². The Morgan fingerprint density at radius 1 is 1.38 bits per heavy atom. The van der Waals surface area contributed by atoms with Crippen LogP contribution in [0.25, 0.3) is 10.2 Å².